The molecule has 2 aromatic heterocycles. The number of aliphatic carboxylic acids is 1. The summed E-state index contributed by atoms with van der Waals surface area (Å²) < 4.78 is 11.0. The number of nitrogen functional groups attached to an aromatic ring is 1. The summed E-state index contributed by atoms with van der Waals surface area (Å²) in [6, 6.07) is 4.94. The maximum absolute atomic E-state index is 12.8. The highest BCUT2D eigenvalue weighted by molar-refractivity contribution is 5.97. The van der Waals surface area contributed by atoms with Crippen LogP contribution in [0.5, 0.6) is 0 Å². The Labute approximate surface area is 374 Å². The Morgan fingerprint density at radius 1 is 0.766 bits per heavy atom. The van der Waals surface area contributed by atoms with Gasteiger partial charge in [-0.25, -0.2) is 19.6 Å². The number of ether oxygens (including phenoxy) is 2. The third kappa shape index (κ3) is 22.8. The van der Waals surface area contributed by atoms with Crippen LogP contribution in [0.1, 0.15) is 113 Å². The second-order valence-electron chi connectivity index (χ2n) is 15.1. The van der Waals surface area contributed by atoms with E-state index in [0.29, 0.717) is 50.7 Å². The molecule has 1 aromatic carbocycles. The van der Waals surface area contributed by atoms with Crippen molar-refractivity contribution in [3.8, 4) is 0 Å². The van der Waals surface area contributed by atoms with E-state index < -0.39 is 23.5 Å². The summed E-state index contributed by atoms with van der Waals surface area (Å²) in [4.78, 5) is 87.5. The van der Waals surface area contributed by atoms with Crippen molar-refractivity contribution < 1.29 is 38.6 Å². The van der Waals surface area contributed by atoms with Crippen molar-refractivity contribution in [1.82, 2.24) is 46.5 Å². The number of carbonyl (C=O) groups excluding carboxylic acids is 4. The smallest absolute Gasteiger partial charge is 0.326 e. The first-order valence-corrected chi connectivity index (χ1v) is 22.3. The third-order valence-electron chi connectivity index (χ3n) is 9.72. The lowest BCUT2D eigenvalue weighted by atomic mass is 10.1. The van der Waals surface area contributed by atoms with Gasteiger partial charge in [0.1, 0.15) is 6.04 Å². The number of benzene rings is 1. The molecule has 0 aliphatic rings. The fraction of sp³-hybridized carbons (Fsp3) is 0.568. The molecule has 0 radical (unpaired) electrons. The standard InChI is InChI=1S/C44H67N11O9/c1-2-3-13-22-48-44(62)49-23-14-11-9-7-5-4-6-8-10-12-15-36(56)46-24-26-63-28-29-64-27-25-47-37(57)21-20-35(42(60)61)53-40(58)32-16-18-33(19-17-32)50-30-34-31-51-39-38(52-34)41(59)55-43(45)54-39/h5,7,16-19,31,35,50H,2-4,6,8-15,20-30H2,1H3,(H,46,56)(H,47,57)(H,53,58)(H,60,61)(H2,48,49,62)(H3,45,51,54,55,59). The van der Waals surface area contributed by atoms with E-state index in [4.69, 9.17) is 15.2 Å². The first-order chi connectivity index (χ1) is 31.0. The maximum atomic E-state index is 12.8. The van der Waals surface area contributed by atoms with Gasteiger partial charge in [0.05, 0.1) is 44.9 Å². The summed E-state index contributed by atoms with van der Waals surface area (Å²) in [7, 11) is 0. The minimum absolute atomic E-state index is 0.00774. The molecule has 0 saturated heterocycles. The molecule has 0 bridgehead atoms. The fourth-order valence-corrected chi connectivity index (χ4v) is 6.15. The van der Waals surface area contributed by atoms with E-state index in [1.165, 1.54) is 18.3 Å². The number of carbonyl (C=O) groups is 5. The summed E-state index contributed by atoms with van der Waals surface area (Å²) in [5.74, 6) is -2.31. The Morgan fingerprint density at radius 3 is 2.05 bits per heavy atom. The quantitative estimate of drug-likeness (QED) is 0.0305. The summed E-state index contributed by atoms with van der Waals surface area (Å²) in [6.07, 6.45) is 17.5. The number of rotatable bonds is 34. The summed E-state index contributed by atoms with van der Waals surface area (Å²) in [5, 5.41) is 26.5. The van der Waals surface area contributed by atoms with Crippen LogP contribution >= 0.6 is 0 Å². The number of anilines is 2. The van der Waals surface area contributed by atoms with Crippen LogP contribution in [-0.4, -0.2) is 113 Å². The number of hydrogen-bond acceptors (Lipinski definition) is 13. The number of allylic oxidation sites excluding steroid dienone is 2. The molecule has 1 unspecified atom stereocenters. The minimum Gasteiger partial charge on any atom is -0.480 e. The molecule has 3 aromatic rings. The van der Waals surface area contributed by atoms with Crippen LogP contribution in [0, 0.1) is 0 Å². The Morgan fingerprint density at radius 2 is 1.39 bits per heavy atom. The first-order valence-electron chi connectivity index (χ1n) is 22.3. The summed E-state index contributed by atoms with van der Waals surface area (Å²) >= 11 is 0. The Hall–Kier alpha value is -6.15. The van der Waals surface area contributed by atoms with Crippen molar-refractivity contribution in [3.63, 3.8) is 0 Å². The fourth-order valence-electron chi connectivity index (χ4n) is 6.15. The number of fused-ring (bicyclic) bond motifs is 1. The normalized spacial score (nSPS) is 11.6. The Balaban J connectivity index is 1.12. The van der Waals surface area contributed by atoms with E-state index in [0.717, 1.165) is 77.2 Å². The molecule has 0 saturated carbocycles. The van der Waals surface area contributed by atoms with Gasteiger partial charge in [0.25, 0.3) is 11.5 Å². The molecular formula is C44H67N11O9. The van der Waals surface area contributed by atoms with Crippen LogP contribution in [0.25, 0.3) is 11.2 Å². The van der Waals surface area contributed by atoms with E-state index in [2.05, 4.69) is 70.9 Å². The molecular weight excluding hydrogens is 827 g/mol. The third-order valence-corrected chi connectivity index (χ3v) is 9.72. The van der Waals surface area contributed by atoms with Crippen molar-refractivity contribution in [1.29, 1.82) is 0 Å². The van der Waals surface area contributed by atoms with E-state index in [-0.39, 0.29) is 73.1 Å². The average Bonchev–Trinajstić information content (AvgIpc) is 3.28. The van der Waals surface area contributed by atoms with Crippen molar-refractivity contribution in [2.24, 2.45) is 0 Å². The number of carboxylic acids is 1. The highest BCUT2D eigenvalue weighted by atomic mass is 16.5. The van der Waals surface area contributed by atoms with Crippen molar-refractivity contribution >= 4 is 52.5 Å². The summed E-state index contributed by atoms with van der Waals surface area (Å²) in [6.45, 7) is 5.63. The number of nitrogens with two attached hydrogens (primary N) is 1. The van der Waals surface area contributed by atoms with Gasteiger partial charge in [0, 0.05) is 50.3 Å². The van der Waals surface area contributed by atoms with E-state index in [1.807, 2.05) is 0 Å². The van der Waals surface area contributed by atoms with Crippen LogP contribution in [-0.2, 0) is 30.4 Å². The van der Waals surface area contributed by atoms with E-state index in [1.54, 1.807) is 12.1 Å². The molecule has 3 rings (SSSR count). The van der Waals surface area contributed by atoms with Crippen LogP contribution in [0.15, 0.2) is 47.4 Å². The van der Waals surface area contributed by atoms with Gasteiger partial charge in [-0.1, -0.05) is 44.8 Å². The van der Waals surface area contributed by atoms with Gasteiger partial charge < -0.3 is 52.2 Å². The largest absolute Gasteiger partial charge is 0.480 e. The van der Waals surface area contributed by atoms with Gasteiger partial charge in [-0.2, -0.15) is 4.98 Å². The van der Waals surface area contributed by atoms with E-state index in [9.17, 15) is 33.9 Å². The zero-order chi connectivity index (χ0) is 46.2. The zero-order valence-electron chi connectivity index (χ0n) is 37.0. The van der Waals surface area contributed by atoms with Crippen LogP contribution < -0.4 is 43.2 Å². The number of H-pyrrole nitrogens is 1. The molecule has 5 amide bonds. The lowest BCUT2D eigenvalue weighted by Crippen LogP contribution is -2.41. The number of aromatic amines is 1. The second kappa shape index (κ2) is 31.7. The molecule has 352 valence electrons. The maximum Gasteiger partial charge on any atom is 0.326 e. The molecule has 1 atom stereocenters. The van der Waals surface area contributed by atoms with Crippen molar-refractivity contribution in [2.75, 3.05) is 63.7 Å². The van der Waals surface area contributed by atoms with Crippen molar-refractivity contribution in [3.05, 3.63) is 64.2 Å². The molecule has 0 fully saturated rings. The topological polar surface area (TPSA) is 294 Å². The Kier molecular flexibility index (Phi) is 25.8. The molecule has 64 heavy (non-hydrogen) atoms. The van der Waals surface area contributed by atoms with Gasteiger partial charge in [-0.15, -0.1) is 0 Å². The average molecular weight is 894 g/mol. The number of nitrogens with one attached hydrogen (secondary N) is 7. The highest BCUT2D eigenvalue weighted by Gasteiger charge is 2.22. The SMILES string of the molecule is CCCCCNC(=O)NCCCCC=CCCCCCCC(=O)NCCOCCOCCNC(=O)CCC(NC(=O)c1ccc(NCc2cnc3nc(N)[nH]c(=O)c3n2)cc1)C(=O)O. The number of amides is 5. The molecule has 20 nitrogen and oxygen atoms in total. The minimum atomic E-state index is -1.28. The first kappa shape index (κ1) is 52.2. The van der Waals surface area contributed by atoms with Gasteiger partial charge in [0.2, 0.25) is 17.8 Å². The highest BCUT2D eigenvalue weighted by Crippen LogP contribution is 2.13. The molecule has 20 heteroatoms. The number of hydrogen-bond donors (Lipinski definition) is 9. The lowest BCUT2D eigenvalue weighted by Gasteiger charge is -2.15. The number of nitrogens with zero attached hydrogens (tertiary/aromatic N) is 3. The van der Waals surface area contributed by atoms with Crippen LogP contribution in [0.3, 0.4) is 0 Å². The van der Waals surface area contributed by atoms with Crippen molar-refractivity contribution in [2.45, 2.75) is 109 Å². The Bertz CT molecular complexity index is 1960. The monoisotopic (exact) mass is 894 g/mol. The van der Waals surface area contributed by atoms with Gasteiger partial charge in [-0.3, -0.25) is 24.2 Å². The van der Waals surface area contributed by atoms with Gasteiger partial charge in [-0.05, 0) is 75.6 Å². The molecule has 0 aliphatic heterocycles. The van der Waals surface area contributed by atoms with Gasteiger partial charge >= 0.3 is 12.0 Å². The molecule has 10 N–H and O–H groups in total. The summed E-state index contributed by atoms with van der Waals surface area (Å²) in [5.41, 5.74) is 6.54. The lowest BCUT2D eigenvalue weighted by molar-refractivity contribution is -0.139. The number of carboxylic acid groups (broad SMARTS) is 1. The van der Waals surface area contributed by atoms with E-state index >= 15 is 0 Å². The molecule has 0 spiro atoms. The molecule has 2 heterocycles. The van der Waals surface area contributed by atoms with Crippen LogP contribution in [0.2, 0.25) is 0 Å². The zero-order valence-corrected chi connectivity index (χ0v) is 37.0. The van der Waals surface area contributed by atoms with Crippen LogP contribution in [0.4, 0.5) is 16.4 Å². The predicted octanol–water partition coefficient (Wildman–Crippen LogP) is 3.69. The number of aromatic nitrogens is 4. The predicted molar refractivity (Wildman–Crippen MR) is 244 cm³/mol. The molecule has 0 aliphatic carbocycles. The van der Waals surface area contributed by atoms with Gasteiger partial charge in [0.15, 0.2) is 11.2 Å². The second-order valence-corrected chi connectivity index (χ2v) is 15.1. The number of unbranched alkanes of at least 4 members (excludes halogenated alkanes) is 8. The number of urea groups is 1.